The van der Waals surface area contributed by atoms with Gasteiger partial charge in [0.05, 0.1) is 18.3 Å². The largest absolute Gasteiger partial charge is 0.399 e. The van der Waals surface area contributed by atoms with Crippen LogP contribution in [0.1, 0.15) is 42.1 Å². The molecule has 2 aliphatic heterocycles. The first kappa shape index (κ1) is 27.1. The van der Waals surface area contributed by atoms with Gasteiger partial charge in [0.25, 0.3) is 11.8 Å². The lowest BCUT2D eigenvalue weighted by Gasteiger charge is -2.27. The number of hydrogen-bond acceptors (Lipinski definition) is 6. The van der Waals surface area contributed by atoms with E-state index in [1.165, 1.54) is 4.90 Å². The Morgan fingerprint density at radius 2 is 2.00 bits per heavy atom. The van der Waals surface area contributed by atoms with E-state index in [-0.39, 0.29) is 37.4 Å². The molecule has 200 valence electrons. The van der Waals surface area contributed by atoms with E-state index >= 15 is 0 Å². The number of carbonyl (C=O) groups excluding carboxylic acids is 3. The molecule has 9 nitrogen and oxygen atoms in total. The highest BCUT2D eigenvalue weighted by atomic mass is 16.3. The summed E-state index contributed by atoms with van der Waals surface area (Å²) in [4.78, 5) is 42.0. The molecule has 0 aliphatic carbocycles. The predicted octanol–water partition coefficient (Wildman–Crippen LogP) is 2.81. The van der Waals surface area contributed by atoms with Crippen molar-refractivity contribution in [2.75, 3.05) is 35.6 Å². The average Bonchev–Trinajstić information content (AvgIpc) is 3.47. The first-order valence-electron chi connectivity index (χ1n) is 12.7. The molecule has 0 unspecified atom stereocenters. The number of nitrogens with zero attached hydrogens (tertiary/aromatic N) is 2. The van der Waals surface area contributed by atoms with Crippen LogP contribution in [0.15, 0.2) is 67.3 Å². The van der Waals surface area contributed by atoms with Crippen LogP contribution in [0.5, 0.6) is 0 Å². The Hall–Kier alpha value is -3.95. The number of nitrogens with two attached hydrogens (primary N) is 1. The quantitative estimate of drug-likeness (QED) is 0.298. The zero-order valence-corrected chi connectivity index (χ0v) is 21.5. The van der Waals surface area contributed by atoms with Crippen LogP contribution < -0.4 is 16.0 Å². The van der Waals surface area contributed by atoms with Crippen LogP contribution in [-0.4, -0.2) is 58.6 Å². The van der Waals surface area contributed by atoms with Gasteiger partial charge in [-0.3, -0.25) is 14.4 Å². The molecule has 3 atom stereocenters. The summed E-state index contributed by atoms with van der Waals surface area (Å²) in [5.41, 5.74) is 6.08. The van der Waals surface area contributed by atoms with Gasteiger partial charge in [-0.15, -0.1) is 6.58 Å². The van der Waals surface area contributed by atoms with Gasteiger partial charge in [0, 0.05) is 47.9 Å². The van der Waals surface area contributed by atoms with Gasteiger partial charge in [-0.1, -0.05) is 25.2 Å². The number of amides is 3. The summed E-state index contributed by atoms with van der Waals surface area (Å²) in [6.07, 6.45) is 6.65. The van der Waals surface area contributed by atoms with Crippen LogP contribution >= 0.6 is 0 Å². The molecule has 1 saturated heterocycles. The second-order valence-corrected chi connectivity index (χ2v) is 9.77. The lowest BCUT2D eigenvalue weighted by molar-refractivity contribution is -0.139. The highest BCUT2D eigenvalue weighted by molar-refractivity contribution is 6.09. The average molecular weight is 519 g/mol. The molecule has 9 heteroatoms. The summed E-state index contributed by atoms with van der Waals surface area (Å²) in [7, 11) is 0. The maximum Gasteiger partial charge on any atom is 0.264 e. The van der Waals surface area contributed by atoms with Gasteiger partial charge >= 0.3 is 0 Å². The van der Waals surface area contributed by atoms with Crippen LogP contribution in [0, 0.1) is 5.92 Å². The Kier molecular flexibility index (Phi) is 7.99. The van der Waals surface area contributed by atoms with E-state index in [0.29, 0.717) is 34.7 Å². The van der Waals surface area contributed by atoms with Crippen LogP contribution in [0.4, 0.5) is 17.1 Å². The molecule has 1 fully saturated rings. The van der Waals surface area contributed by atoms with Crippen molar-refractivity contribution in [1.82, 2.24) is 4.90 Å². The van der Waals surface area contributed by atoms with Crippen LogP contribution in [-0.2, 0) is 15.2 Å². The van der Waals surface area contributed by atoms with Gasteiger partial charge in [-0.25, -0.2) is 0 Å². The van der Waals surface area contributed by atoms with E-state index in [2.05, 4.69) is 11.9 Å². The van der Waals surface area contributed by atoms with E-state index in [0.717, 1.165) is 12.8 Å². The molecule has 5 N–H and O–H groups in total. The Labute approximate surface area is 222 Å². The van der Waals surface area contributed by atoms with Crippen LogP contribution in [0.3, 0.4) is 0 Å². The normalized spacial score (nSPS) is 21.6. The summed E-state index contributed by atoms with van der Waals surface area (Å²) in [6.45, 7) is 6.20. The fourth-order valence-corrected chi connectivity index (χ4v) is 5.16. The molecule has 38 heavy (non-hydrogen) atoms. The molecular weight excluding hydrogens is 484 g/mol. The standard InChI is InChI=1S/C29H34N4O5/c1-3-15-33-25-14-13-22(31-27(36)20-9-11-21(30)12-10-20)17-24(25)29(38,28(33)37)19(2)6-4-8-26(35)32-16-5-7-23(32)18-34/h3-4,6,9-14,17,19,23,34,38H,1,5,7-8,15-16,18,30H2,2H3,(H,31,36)/b6-4+/t19-,23+,29+/m1/s1. The van der Waals surface area contributed by atoms with Gasteiger partial charge < -0.3 is 31.1 Å². The molecule has 0 saturated carbocycles. The molecule has 4 rings (SSSR count). The highest BCUT2D eigenvalue weighted by Crippen LogP contribution is 2.46. The van der Waals surface area contributed by atoms with Gasteiger partial charge in [0.1, 0.15) is 0 Å². The van der Waals surface area contributed by atoms with Crippen LogP contribution in [0.25, 0.3) is 0 Å². The molecule has 0 radical (unpaired) electrons. The van der Waals surface area contributed by atoms with E-state index in [4.69, 9.17) is 5.73 Å². The van der Waals surface area contributed by atoms with Crippen molar-refractivity contribution in [2.45, 2.75) is 37.8 Å². The molecule has 0 aromatic heterocycles. The number of hydrogen-bond donors (Lipinski definition) is 4. The van der Waals surface area contributed by atoms with Crippen molar-refractivity contribution >= 4 is 34.8 Å². The fourth-order valence-electron chi connectivity index (χ4n) is 5.16. The second kappa shape index (κ2) is 11.2. The Morgan fingerprint density at radius 1 is 1.26 bits per heavy atom. The molecule has 3 amide bonds. The highest BCUT2D eigenvalue weighted by Gasteiger charge is 2.52. The molecular formula is C29H34N4O5. The third-order valence-electron chi connectivity index (χ3n) is 7.30. The first-order chi connectivity index (χ1) is 18.2. The summed E-state index contributed by atoms with van der Waals surface area (Å²) in [5.74, 6) is -1.63. The number of likely N-dealkylation sites (tertiary alicyclic amines) is 1. The van der Waals surface area contributed by atoms with Crippen LogP contribution in [0.2, 0.25) is 0 Å². The zero-order chi connectivity index (χ0) is 27.4. The lowest BCUT2D eigenvalue weighted by Crippen LogP contribution is -2.44. The van der Waals surface area contributed by atoms with Crippen molar-refractivity contribution in [1.29, 1.82) is 0 Å². The van der Waals surface area contributed by atoms with Gasteiger partial charge in [-0.05, 0) is 55.3 Å². The number of fused-ring (bicyclic) bond motifs is 1. The number of nitrogens with one attached hydrogen (secondary N) is 1. The molecule has 0 spiro atoms. The van der Waals surface area contributed by atoms with Gasteiger partial charge in [0.15, 0.2) is 5.60 Å². The number of aliphatic hydroxyl groups excluding tert-OH is 1. The molecule has 2 aromatic carbocycles. The predicted molar refractivity (Wildman–Crippen MR) is 146 cm³/mol. The SMILES string of the molecule is C=CCN1C(=O)[C@](O)([C@H](C)/C=C/CC(=O)N2CCC[C@H]2CO)c2cc(NC(=O)c3ccc(N)cc3)ccc21. The third-order valence-corrected chi connectivity index (χ3v) is 7.30. The molecule has 2 aliphatic rings. The number of rotatable bonds is 9. The Balaban J connectivity index is 1.57. The smallest absolute Gasteiger partial charge is 0.264 e. The number of aliphatic hydroxyl groups is 2. The number of anilines is 3. The molecule has 2 aromatic rings. The zero-order valence-electron chi connectivity index (χ0n) is 21.5. The minimum Gasteiger partial charge on any atom is -0.399 e. The fraction of sp³-hybridized carbons (Fsp3) is 0.345. The Bertz CT molecular complexity index is 1260. The lowest BCUT2D eigenvalue weighted by atomic mass is 9.82. The molecule has 0 bridgehead atoms. The van der Waals surface area contributed by atoms with E-state index in [1.807, 2.05) is 0 Å². The maximum absolute atomic E-state index is 13.5. The Morgan fingerprint density at radius 3 is 2.68 bits per heavy atom. The topological polar surface area (TPSA) is 136 Å². The number of benzene rings is 2. The van der Waals surface area contributed by atoms with E-state index in [9.17, 15) is 24.6 Å². The van der Waals surface area contributed by atoms with Crippen molar-refractivity contribution in [2.24, 2.45) is 5.92 Å². The molecule has 2 heterocycles. The first-order valence-corrected chi connectivity index (χ1v) is 12.7. The van der Waals surface area contributed by atoms with E-state index < -0.39 is 17.4 Å². The maximum atomic E-state index is 13.5. The van der Waals surface area contributed by atoms with Crippen molar-refractivity contribution < 1.29 is 24.6 Å². The van der Waals surface area contributed by atoms with Crippen molar-refractivity contribution in [3.63, 3.8) is 0 Å². The van der Waals surface area contributed by atoms with Gasteiger partial charge in [0.2, 0.25) is 5.91 Å². The monoisotopic (exact) mass is 518 g/mol. The third kappa shape index (κ3) is 5.07. The summed E-state index contributed by atoms with van der Waals surface area (Å²) in [5, 5.41) is 24.1. The number of nitrogen functional groups attached to an aromatic ring is 1. The minimum atomic E-state index is -1.90. The number of carbonyl (C=O) groups is 3. The summed E-state index contributed by atoms with van der Waals surface area (Å²) in [6, 6.07) is 11.3. The van der Waals surface area contributed by atoms with E-state index in [1.54, 1.807) is 72.5 Å². The van der Waals surface area contributed by atoms with Crippen molar-refractivity contribution in [3.05, 3.63) is 78.4 Å². The summed E-state index contributed by atoms with van der Waals surface area (Å²) < 4.78 is 0. The van der Waals surface area contributed by atoms with Crippen molar-refractivity contribution in [3.8, 4) is 0 Å². The summed E-state index contributed by atoms with van der Waals surface area (Å²) >= 11 is 0. The van der Waals surface area contributed by atoms with Gasteiger partial charge in [-0.2, -0.15) is 0 Å². The second-order valence-electron chi connectivity index (χ2n) is 9.77. The minimum absolute atomic E-state index is 0.0623.